The summed E-state index contributed by atoms with van der Waals surface area (Å²) in [7, 11) is 0. The number of pyridine rings is 1. The molecule has 1 atom stereocenters. The largest absolute Gasteiger partial charge is 0.324 e. The Kier molecular flexibility index (Phi) is 3.42. The summed E-state index contributed by atoms with van der Waals surface area (Å²) in [6, 6.07) is 10.1. The van der Waals surface area contributed by atoms with Gasteiger partial charge in [-0.15, -0.1) is 10.2 Å². The zero-order valence-corrected chi connectivity index (χ0v) is 11.6. The molecule has 0 saturated heterocycles. The SMILES string of the molecule is C[C@H](N)c1cc(F)ccc1Sc1nnc2ccccn12. The van der Waals surface area contributed by atoms with Gasteiger partial charge in [0.05, 0.1) is 0 Å². The summed E-state index contributed by atoms with van der Waals surface area (Å²) >= 11 is 1.43. The Hall–Kier alpha value is -1.92. The maximum absolute atomic E-state index is 13.3. The van der Waals surface area contributed by atoms with Gasteiger partial charge in [-0.3, -0.25) is 4.40 Å². The Balaban J connectivity index is 2.03. The molecule has 2 N–H and O–H groups in total. The number of nitrogens with two attached hydrogens (primary N) is 1. The number of halogens is 1. The van der Waals surface area contributed by atoms with Crippen LogP contribution in [0.1, 0.15) is 18.5 Å². The van der Waals surface area contributed by atoms with Crippen LogP contribution in [0.25, 0.3) is 5.65 Å². The van der Waals surface area contributed by atoms with Crippen LogP contribution in [0.15, 0.2) is 52.6 Å². The zero-order chi connectivity index (χ0) is 14.1. The minimum atomic E-state index is -0.284. The number of hydrogen-bond donors (Lipinski definition) is 1. The normalized spacial score (nSPS) is 12.8. The van der Waals surface area contributed by atoms with Crippen LogP contribution in [-0.2, 0) is 0 Å². The van der Waals surface area contributed by atoms with E-state index in [4.69, 9.17) is 5.73 Å². The molecule has 0 amide bonds. The van der Waals surface area contributed by atoms with Gasteiger partial charge < -0.3 is 5.73 Å². The lowest BCUT2D eigenvalue weighted by molar-refractivity contribution is 0.619. The molecule has 0 saturated carbocycles. The van der Waals surface area contributed by atoms with Crippen molar-refractivity contribution in [3.8, 4) is 0 Å². The average molecular weight is 288 g/mol. The van der Waals surface area contributed by atoms with Gasteiger partial charge in [0.25, 0.3) is 0 Å². The van der Waals surface area contributed by atoms with Crippen molar-refractivity contribution in [2.75, 3.05) is 0 Å². The van der Waals surface area contributed by atoms with Crippen LogP contribution in [0.3, 0.4) is 0 Å². The third-order valence-electron chi connectivity index (χ3n) is 2.95. The van der Waals surface area contributed by atoms with Crippen molar-refractivity contribution in [1.82, 2.24) is 14.6 Å². The number of hydrogen-bond acceptors (Lipinski definition) is 4. The van der Waals surface area contributed by atoms with Gasteiger partial charge in [0.1, 0.15) is 5.82 Å². The molecule has 0 spiro atoms. The predicted octanol–water partition coefficient (Wildman–Crippen LogP) is 3.04. The van der Waals surface area contributed by atoms with Crippen molar-refractivity contribution in [2.24, 2.45) is 5.73 Å². The quantitative estimate of drug-likeness (QED) is 0.805. The minimum absolute atomic E-state index is 0.243. The monoisotopic (exact) mass is 288 g/mol. The van der Waals surface area contributed by atoms with Gasteiger partial charge in [0.15, 0.2) is 10.8 Å². The fraction of sp³-hybridized carbons (Fsp3) is 0.143. The molecule has 102 valence electrons. The third-order valence-corrected chi connectivity index (χ3v) is 4.00. The summed E-state index contributed by atoms with van der Waals surface area (Å²) in [6.07, 6.45) is 1.90. The first-order valence-corrected chi connectivity index (χ1v) is 6.99. The van der Waals surface area contributed by atoms with Crippen LogP contribution in [0.4, 0.5) is 4.39 Å². The summed E-state index contributed by atoms with van der Waals surface area (Å²) < 4.78 is 15.2. The predicted molar refractivity (Wildman–Crippen MR) is 76.1 cm³/mol. The van der Waals surface area contributed by atoms with E-state index in [1.165, 1.54) is 23.9 Å². The van der Waals surface area contributed by atoms with E-state index in [1.807, 2.05) is 35.7 Å². The van der Waals surface area contributed by atoms with E-state index in [9.17, 15) is 4.39 Å². The first-order valence-electron chi connectivity index (χ1n) is 6.18. The second kappa shape index (κ2) is 5.22. The van der Waals surface area contributed by atoms with Crippen molar-refractivity contribution < 1.29 is 4.39 Å². The molecule has 4 nitrogen and oxygen atoms in total. The van der Waals surface area contributed by atoms with Gasteiger partial charge in [0.2, 0.25) is 0 Å². The standard InChI is InChI=1S/C14H13FN4S/c1-9(16)11-8-10(15)5-6-12(11)20-14-18-17-13-4-2-3-7-19(13)14/h2-9H,16H2,1H3/t9-/m0/s1. The van der Waals surface area contributed by atoms with Gasteiger partial charge in [-0.05, 0) is 54.6 Å². The molecule has 2 aromatic heterocycles. The Morgan fingerprint density at radius 2 is 2.10 bits per heavy atom. The first kappa shape index (κ1) is 13.1. The third kappa shape index (κ3) is 2.39. The molecule has 0 aliphatic carbocycles. The van der Waals surface area contributed by atoms with Gasteiger partial charge in [-0.25, -0.2) is 4.39 Å². The molecule has 1 aromatic carbocycles. The summed E-state index contributed by atoms with van der Waals surface area (Å²) in [5, 5.41) is 8.98. The van der Waals surface area contributed by atoms with Gasteiger partial charge in [-0.1, -0.05) is 6.07 Å². The van der Waals surface area contributed by atoms with Crippen LogP contribution >= 0.6 is 11.8 Å². The minimum Gasteiger partial charge on any atom is -0.324 e. The molecular weight excluding hydrogens is 275 g/mol. The summed E-state index contributed by atoms with van der Waals surface area (Å²) in [5.74, 6) is -0.284. The smallest absolute Gasteiger partial charge is 0.200 e. The number of benzene rings is 1. The van der Waals surface area contributed by atoms with Crippen LogP contribution in [0.2, 0.25) is 0 Å². The Labute approximate surface area is 119 Å². The topological polar surface area (TPSA) is 56.2 Å². The Morgan fingerprint density at radius 3 is 2.90 bits per heavy atom. The molecule has 0 radical (unpaired) electrons. The molecule has 0 bridgehead atoms. The molecule has 0 fully saturated rings. The molecule has 3 aromatic rings. The highest BCUT2D eigenvalue weighted by molar-refractivity contribution is 7.99. The average Bonchev–Trinajstić information content (AvgIpc) is 2.84. The lowest BCUT2D eigenvalue weighted by atomic mass is 10.1. The van der Waals surface area contributed by atoms with E-state index < -0.39 is 0 Å². The van der Waals surface area contributed by atoms with E-state index >= 15 is 0 Å². The van der Waals surface area contributed by atoms with Crippen molar-refractivity contribution in [3.05, 3.63) is 54.0 Å². The Bertz CT molecular complexity index is 754. The number of rotatable bonds is 3. The number of nitrogens with zero attached hydrogens (tertiary/aromatic N) is 3. The van der Waals surface area contributed by atoms with Crippen molar-refractivity contribution >= 4 is 17.4 Å². The van der Waals surface area contributed by atoms with E-state index in [1.54, 1.807) is 6.07 Å². The van der Waals surface area contributed by atoms with Crippen molar-refractivity contribution in [1.29, 1.82) is 0 Å². The van der Waals surface area contributed by atoms with E-state index in [2.05, 4.69) is 10.2 Å². The van der Waals surface area contributed by atoms with E-state index in [0.29, 0.717) is 0 Å². The fourth-order valence-corrected chi connectivity index (χ4v) is 2.99. The molecule has 0 unspecified atom stereocenters. The highest BCUT2D eigenvalue weighted by Crippen LogP contribution is 2.32. The van der Waals surface area contributed by atoms with Gasteiger partial charge in [0, 0.05) is 17.1 Å². The lowest BCUT2D eigenvalue weighted by Crippen LogP contribution is -2.07. The second-order valence-corrected chi connectivity index (χ2v) is 5.49. The lowest BCUT2D eigenvalue weighted by Gasteiger charge is -2.11. The first-order chi connectivity index (χ1) is 9.65. The molecule has 3 rings (SSSR count). The number of fused-ring (bicyclic) bond motifs is 1. The second-order valence-electron chi connectivity index (χ2n) is 4.48. The van der Waals surface area contributed by atoms with Gasteiger partial charge in [-0.2, -0.15) is 0 Å². The highest BCUT2D eigenvalue weighted by Gasteiger charge is 2.13. The molecular formula is C14H13FN4S. The summed E-state index contributed by atoms with van der Waals surface area (Å²) in [5.41, 5.74) is 7.45. The summed E-state index contributed by atoms with van der Waals surface area (Å²) in [4.78, 5) is 0.888. The molecule has 2 heterocycles. The van der Waals surface area contributed by atoms with Crippen LogP contribution in [0, 0.1) is 5.82 Å². The van der Waals surface area contributed by atoms with Crippen molar-refractivity contribution in [2.45, 2.75) is 23.0 Å². The van der Waals surface area contributed by atoms with Crippen LogP contribution < -0.4 is 5.73 Å². The van der Waals surface area contributed by atoms with Crippen molar-refractivity contribution in [3.63, 3.8) is 0 Å². The Morgan fingerprint density at radius 1 is 1.25 bits per heavy atom. The van der Waals surface area contributed by atoms with E-state index in [0.717, 1.165) is 21.3 Å². The molecule has 0 aliphatic rings. The molecule has 0 aliphatic heterocycles. The zero-order valence-electron chi connectivity index (χ0n) is 10.8. The van der Waals surface area contributed by atoms with Crippen LogP contribution in [0.5, 0.6) is 0 Å². The molecule has 20 heavy (non-hydrogen) atoms. The molecule has 6 heteroatoms. The maximum Gasteiger partial charge on any atom is 0.200 e. The fourth-order valence-electron chi connectivity index (χ4n) is 1.96. The van der Waals surface area contributed by atoms with Crippen LogP contribution in [-0.4, -0.2) is 14.6 Å². The summed E-state index contributed by atoms with van der Waals surface area (Å²) in [6.45, 7) is 1.83. The van der Waals surface area contributed by atoms with E-state index in [-0.39, 0.29) is 11.9 Å². The highest BCUT2D eigenvalue weighted by atomic mass is 32.2. The maximum atomic E-state index is 13.3. The number of aromatic nitrogens is 3. The van der Waals surface area contributed by atoms with Gasteiger partial charge >= 0.3 is 0 Å².